The molecule has 0 heterocycles. The summed E-state index contributed by atoms with van der Waals surface area (Å²) in [4.78, 5) is 21.2. The fraction of sp³-hybridized carbons (Fsp3) is 0.308. The second-order valence-electron chi connectivity index (χ2n) is 3.67. The lowest BCUT2D eigenvalue weighted by atomic mass is 10.2. The number of hydrogen-bond donors (Lipinski definition) is 0. The Kier molecular flexibility index (Phi) is 5.53. The van der Waals surface area contributed by atoms with Crippen molar-refractivity contribution in [3.63, 3.8) is 0 Å². The van der Waals surface area contributed by atoms with Gasteiger partial charge in [0.2, 0.25) is 0 Å². The molecule has 0 saturated heterocycles. The molecule has 0 radical (unpaired) electrons. The molecule has 102 valence electrons. The number of ether oxygens (including phenoxy) is 2. The van der Waals surface area contributed by atoms with Crippen LogP contribution in [0, 0.1) is 17.0 Å². The van der Waals surface area contributed by atoms with E-state index in [1.807, 2.05) is 0 Å². The van der Waals surface area contributed by atoms with Gasteiger partial charge in [-0.05, 0) is 31.6 Å². The first-order chi connectivity index (χ1) is 9.04. The minimum Gasteiger partial charge on any atom is -0.489 e. The number of nitro groups is 1. The van der Waals surface area contributed by atoms with Gasteiger partial charge in [-0.2, -0.15) is 0 Å². The van der Waals surface area contributed by atoms with Gasteiger partial charge >= 0.3 is 5.97 Å². The summed E-state index contributed by atoms with van der Waals surface area (Å²) in [7, 11) is 0. The minimum atomic E-state index is -0.485. The summed E-state index contributed by atoms with van der Waals surface area (Å²) < 4.78 is 10.1. The van der Waals surface area contributed by atoms with Gasteiger partial charge in [0, 0.05) is 12.1 Å². The highest BCUT2D eigenvalue weighted by Crippen LogP contribution is 2.23. The molecule has 0 spiro atoms. The Morgan fingerprint density at radius 1 is 1.47 bits per heavy atom. The smallest absolute Gasteiger partial charge is 0.330 e. The number of aryl methyl sites for hydroxylation is 1. The maximum Gasteiger partial charge on any atom is 0.330 e. The molecule has 0 unspecified atom stereocenters. The number of carbonyl (C=O) groups excluding carboxylic acids is 1. The van der Waals surface area contributed by atoms with Gasteiger partial charge < -0.3 is 9.47 Å². The zero-order valence-corrected chi connectivity index (χ0v) is 10.8. The van der Waals surface area contributed by atoms with Gasteiger partial charge in [-0.1, -0.05) is 0 Å². The van der Waals surface area contributed by atoms with Crippen LogP contribution < -0.4 is 4.74 Å². The average Bonchev–Trinajstić information content (AvgIpc) is 2.36. The summed E-state index contributed by atoms with van der Waals surface area (Å²) in [5.74, 6) is -0.0235. The van der Waals surface area contributed by atoms with Gasteiger partial charge in [-0.15, -0.1) is 0 Å². The molecule has 0 aliphatic rings. The molecule has 0 aromatic heterocycles. The van der Waals surface area contributed by atoms with Crippen LogP contribution in [0.25, 0.3) is 0 Å². The number of rotatable bonds is 6. The molecule has 19 heavy (non-hydrogen) atoms. The summed E-state index contributed by atoms with van der Waals surface area (Å²) in [6.45, 7) is 3.96. The van der Waals surface area contributed by atoms with E-state index in [9.17, 15) is 14.9 Å². The van der Waals surface area contributed by atoms with Crippen molar-refractivity contribution in [2.45, 2.75) is 13.8 Å². The normalized spacial score (nSPS) is 10.4. The average molecular weight is 265 g/mol. The maximum atomic E-state index is 11.0. The number of non-ortho nitro benzene ring substituents is 1. The molecule has 6 heteroatoms. The van der Waals surface area contributed by atoms with Crippen molar-refractivity contribution >= 4 is 11.7 Å². The molecule has 0 aliphatic heterocycles. The largest absolute Gasteiger partial charge is 0.489 e. The Balaban J connectivity index is 2.60. The molecule has 1 rings (SSSR count). The molecule has 0 saturated carbocycles. The summed E-state index contributed by atoms with van der Waals surface area (Å²) in [6.07, 6.45) is 2.76. The third-order valence-electron chi connectivity index (χ3n) is 2.26. The van der Waals surface area contributed by atoms with Gasteiger partial charge in [-0.25, -0.2) is 4.79 Å². The fourth-order valence-electron chi connectivity index (χ4n) is 1.33. The highest BCUT2D eigenvalue weighted by molar-refractivity contribution is 5.81. The Morgan fingerprint density at radius 2 is 2.21 bits per heavy atom. The quantitative estimate of drug-likeness (QED) is 0.341. The lowest BCUT2D eigenvalue weighted by Gasteiger charge is -2.06. The van der Waals surface area contributed by atoms with Crippen LogP contribution in [0.5, 0.6) is 5.75 Å². The van der Waals surface area contributed by atoms with Crippen molar-refractivity contribution in [3.8, 4) is 5.75 Å². The van der Waals surface area contributed by atoms with Gasteiger partial charge in [0.05, 0.1) is 17.6 Å². The van der Waals surface area contributed by atoms with Crippen LogP contribution in [0.3, 0.4) is 0 Å². The third-order valence-corrected chi connectivity index (χ3v) is 2.26. The lowest BCUT2D eigenvalue weighted by molar-refractivity contribution is -0.384. The van der Waals surface area contributed by atoms with Crippen molar-refractivity contribution in [3.05, 3.63) is 46.0 Å². The predicted molar refractivity (Wildman–Crippen MR) is 69.1 cm³/mol. The van der Waals surface area contributed by atoms with Crippen molar-refractivity contribution < 1.29 is 19.2 Å². The van der Waals surface area contributed by atoms with Crippen molar-refractivity contribution in [2.24, 2.45) is 0 Å². The second kappa shape index (κ2) is 7.15. The van der Waals surface area contributed by atoms with Gasteiger partial charge in [0.1, 0.15) is 12.4 Å². The van der Waals surface area contributed by atoms with Crippen LogP contribution in [-0.4, -0.2) is 24.1 Å². The van der Waals surface area contributed by atoms with Crippen LogP contribution in [0.2, 0.25) is 0 Å². The molecular weight excluding hydrogens is 250 g/mol. The van der Waals surface area contributed by atoms with Gasteiger partial charge in [0.15, 0.2) is 0 Å². The van der Waals surface area contributed by atoms with E-state index >= 15 is 0 Å². The number of nitrogens with zero attached hydrogens (tertiary/aromatic N) is 1. The van der Waals surface area contributed by atoms with Crippen LogP contribution in [0.1, 0.15) is 12.5 Å². The van der Waals surface area contributed by atoms with E-state index in [4.69, 9.17) is 9.47 Å². The summed E-state index contributed by atoms with van der Waals surface area (Å²) in [6, 6.07) is 4.38. The predicted octanol–water partition coefficient (Wildman–Crippen LogP) is 2.40. The molecule has 1 aromatic rings. The number of carbonyl (C=O) groups is 1. The molecule has 0 fully saturated rings. The summed E-state index contributed by atoms with van der Waals surface area (Å²) >= 11 is 0. The highest BCUT2D eigenvalue weighted by atomic mass is 16.6. The topological polar surface area (TPSA) is 78.7 Å². The molecular formula is C13H15NO5. The first-order valence-corrected chi connectivity index (χ1v) is 5.75. The van der Waals surface area contributed by atoms with E-state index < -0.39 is 10.9 Å². The van der Waals surface area contributed by atoms with Gasteiger partial charge in [0.25, 0.3) is 5.69 Å². The Morgan fingerprint density at radius 3 is 2.84 bits per heavy atom. The van der Waals surface area contributed by atoms with Crippen LogP contribution in [-0.2, 0) is 9.53 Å². The SMILES string of the molecule is CCOC(=O)/C=C/COc1cc([N+](=O)[O-])ccc1C. The molecule has 6 nitrogen and oxygen atoms in total. The van der Waals surface area contributed by atoms with Crippen LogP contribution in [0.15, 0.2) is 30.4 Å². The Bertz CT molecular complexity index is 496. The first-order valence-electron chi connectivity index (χ1n) is 5.75. The fourth-order valence-corrected chi connectivity index (χ4v) is 1.33. The Hall–Kier alpha value is -2.37. The van der Waals surface area contributed by atoms with Crippen molar-refractivity contribution in [2.75, 3.05) is 13.2 Å². The molecule has 0 N–H and O–H groups in total. The minimum absolute atomic E-state index is 0.0324. The Labute approximate surface area is 110 Å². The summed E-state index contributed by atoms with van der Waals surface area (Å²) in [5, 5.41) is 10.6. The van der Waals surface area contributed by atoms with E-state index in [0.29, 0.717) is 12.4 Å². The van der Waals surface area contributed by atoms with E-state index in [1.54, 1.807) is 19.9 Å². The second-order valence-corrected chi connectivity index (χ2v) is 3.67. The molecule has 1 aromatic carbocycles. The summed E-state index contributed by atoms with van der Waals surface area (Å²) in [5.41, 5.74) is 0.755. The van der Waals surface area contributed by atoms with Crippen LogP contribution in [0.4, 0.5) is 5.69 Å². The third kappa shape index (κ3) is 4.79. The monoisotopic (exact) mass is 265 g/mol. The number of hydrogen-bond acceptors (Lipinski definition) is 5. The number of esters is 1. The molecule has 0 amide bonds. The maximum absolute atomic E-state index is 11.0. The molecule has 0 atom stereocenters. The van der Waals surface area contributed by atoms with E-state index in [0.717, 1.165) is 5.56 Å². The number of benzene rings is 1. The van der Waals surface area contributed by atoms with E-state index in [2.05, 4.69) is 0 Å². The number of nitro benzene ring substituents is 1. The van der Waals surface area contributed by atoms with Crippen molar-refractivity contribution in [1.29, 1.82) is 0 Å². The first kappa shape index (κ1) is 14.7. The van der Waals surface area contributed by atoms with E-state index in [-0.39, 0.29) is 12.3 Å². The van der Waals surface area contributed by atoms with E-state index in [1.165, 1.54) is 24.3 Å². The zero-order valence-electron chi connectivity index (χ0n) is 10.8. The van der Waals surface area contributed by atoms with Gasteiger partial charge in [-0.3, -0.25) is 10.1 Å². The molecule has 0 bridgehead atoms. The van der Waals surface area contributed by atoms with Crippen molar-refractivity contribution in [1.82, 2.24) is 0 Å². The standard InChI is InChI=1S/C13H15NO5/c1-3-18-13(15)5-4-8-19-12-9-11(14(16)17)7-6-10(12)2/h4-7,9H,3,8H2,1-2H3/b5-4+. The van der Waals surface area contributed by atoms with Crippen LogP contribution >= 0.6 is 0 Å². The highest BCUT2D eigenvalue weighted by Gasteiger charge is 2.08. The molecule has 0 aliphatic carbocycles. The zero-order chi connectivity index (χ0) is 14.3. The lowest BCUT2D eigenvalue weighted by Crippen LogP contribution is -2.01.